The summed E-state index contributed by atoms with van der Waals surface area (Å²) in [5.41, 5.74) is 1.09. The van der Waals surface area contributed by atoms with E-state index in [1.54, 1.807) is 30.5 Å². The van der Waals surface area contributed by atoms with Crippen molar-refractivity contribution in [1.29, 1.82) is 0 Å². The molecule has 0 amide bonds. The maximum atomic E-state index is 13.2. The number of halogens is 1. The highest BCUT2D eigenvalue weighted by atomic mass is 79.9. The summed E-state index contributed by atoms with van der Waals surface area (Å²) < 4.78 is 17.9. The van der Waals surface area contributed by atoms with Crippen molar-refractivity contribution in [2.24, 2.45) is 5.10 Å². The standard InChI is InChI=1S/C24H26BrN3O5/c1-5-15(3)23-27-19-9-8-17(25)12-18(19)24(30)28(23)26-13-16-7-10-20(21(11-16)32-6-2)33-14-22(29)31-4/h7-13,15H,5-6,14H2,1-4H3/t15-/m0/s1. The van der Waals surface area contributed by atoms with Crippen molar-refractivity contribution in [1.82, 2.24) is 9.66 Å². The van der Waals surface area contributed by atoms with Gasteiger partial charge in [-0.25, -0.2) is 9.78 Å². The minimum Gasteiger partial charge on any atom is -0.490 e. The second kappa shape index (κ2) is 11.1. The topological polar surface area (TPSA) is 92.0 Å². The summed E-state index contributed by atoms with van der Waals surface area (Å²) >= 11 is 3.41. The molecule has 0 aliphatic carbocycles. The maximum Gasteiger partial charge on any atom is 0.343 e. The lowest BCUT2D eigenvalue weighted by Crippen LogP contribution is -2.23. The number of carbonyl (C=O) groups excluding carboxylic acids is 1. The van der Waals surface area contributed by atoms with Gasteiger partial charge in [0, 0.05) is 10.4 Å². The van der Waals surface area contributed by atoms with Gasteiger partial charge in [-0.1, -0.05) is 29.8 Å². The molecule has 2 aromatic carbocycles. The lowest BCUT2D eigenvalue weighted by atomic mass is 10.1. The van der Waals surface area contributed by atoms with Crippen molar-refractivity contribution in [3.63, 3.8) is 0 Å². The van der Waals surface area contributed by atoms with Gasteiger partial charge < -0.3 is 14.2 Å². The molecule has 0 aliphatic heterocycles. The number of benzene rings is 2. The Morgan fingerprint density at radius 3 is 2.67 bits per heavy atom. The molecule has 0 saturated heterocycles. The minimum atomic E-state index is -0.490. The van der Waals surface area contributed by atoms with E-state index < -0.39 is 5.97 Å². The molecule has 0 aliphatic rings. The molecule has 0 N–H and O–H groups in total. The summed E-state index contributed by atoms with van der Waals surface area (Å²) in [6.07, 6.45) is 2.39. The average Bonchev–Trinajstić information content (AvgIpc) is 2.82. The summed E-state index contributed by atoms with van der Waals surface area (Å²) in [4.78, 5) is 29.3. The minimum absolute atomic E-state index is 0.0379. The van der Waals surface area contributed by atoms with Crippen LogP contribution in [0.15, 0.2) is 50.8 Å². The first kappa shape index (κ1) is 24.4. The Morgan fingerprint density at radius 1 is 1.18 bits per heavy atom. The summed E-state index contributed by atoms with van der Waals surface area (Å²) in [5.74, 6) is 1.01. The number of hydrogen-bond acceptors (Lipinski definition) is 7. The van der Waals surface area contributed by atoms with Crippen molar-refractivity contribution in [2.75, 3.05) is 20.3 Å². The molecule has 0 spiro atoms. The fourth-order valence-electron chi connectivity index (χ4n) is 3.09. The molecule has 3 rings (SSSR count). The molecule has 1 aromatic heterocycles. The highest BCUT2D eigenvalue weighted by molar-refractivity contribution is 9.10. The molecule has 0 fully saturated rings. The molecule has 0 radical (unpaired) electrons. The molecule has 33 heavy (non-hydrogen) atoms. The smallest absolute Gasteiger partial charge is 0.343 e. The lowest BCUT2D eigenvalue weighted by molar-refractivity contribution is -0.142. The number of hydrogen-bond donors (Lipinski definition) is 0. The molecule has 8 nitrogen and oxygen atoms in total. The van der Waals surface area contributed by atoms with Crippen molar-refractivity contribution in [3.05, 3.63) is 62.6 Å². The van der Waals surface area contributed by atoms with E-state index in [0.717, 1.165) is 10.9 Å². The number of ether oxygens (including phenoxy) is 3. The summed E-state index contributed by atoms with van der Waals surface area (Å²) in [6, 6.07) is 10.6. The van der Waals surface area contributed by atoms with E-state index in [0.29, 0.717) is 40.4 Å². The Labute approximate surface area is 200 Å². The predicted octanol–water partition coefficient (Wildman–Crippen LogP) is 4.51. The third-order valence-corrected chi connectivity index (χ3v) is 5.54. The van der Waals surface area contributed by atoms with E-state index in [9.17, 15) is 9.59 Å². The number of carbonyl (C=O) groups is 1. The van der Waals surface area contributed by atoms with E-state index in [1.165, 1.54) is 11.8 Å². The second-order valence-electron chi connectivity index (χ2n) is 7.31. The van der Waals surface area contributed by atoms with Crippen molar-refractivity contribution < 1.29 is 19.0 Å². The first-order valence-electron chi connectivity index (χ1n) is 10.6. The zero-order valence-electron chi connectivity index (χ0n) is 19.0. The Kier molecular flexibility index (Phi) is 8.21. The molecule has 174 valence electrons. The van der Waals surface area contributed by atoms with Gasteiger partial charge in [-0.05, 0) is 55.3 Å². The van der Waals surface area contributed by atoms with Crippen LogP contribution in [0.1, 0.15) is 44.5 Å². The molecule has 0 unspecified atom stereocenters. The van der Waals surface area contributed by atoms with E-state index in [1.807, 2.05) is 32.9 Å². The van der Waals surface area contributed by atoms with Crippen LogP contribution < -0.4 is 15.0 Å². The highest BCUT2D eigenvalue weighted by Gasteiger charge is 2.16. The molecule has 1 atom stereocenters. The van der Waals surface area contributed by atoms with E-state index in [4.69, 9.17) is 14.5 Å². The number of methoxy groups -OCH3 is 1. The lowest BCUT2D eigenvalue weighted by Gasteiger charge is -2.14. The summed E-state index contributed by atoms with van der Waals surface area (Å²) in [5, 5.41) is 4.96. The Morgan fingerprint density at radius 2 is 1.97 bits per heavy atom. The third kappa shape index (κ3) is 5.78. The van der Waals surface area contributed by atoms with Crippen LogP contribution in [0.2, 0.25) is 0 Å². The fourth-order valence-corrected chi connectivity index (χ4v) is 3.45. The van der Waals surface area contributed by atoms with Gasteiger partial charge in [0.25, 0.3) is 5.56 Å². The number of aromatic nitrogens is 2. The Hall–Kier alpha value is -3.20. The number of rotatable bonds is 9. The van der Waals surface area contributed by atoms with Crippen LogP contribution in [0, 0.1) is 0 Å². The number of nitrogens with zero attached hydrogens (tertiary/aromatic N) is 3. The molecule has 0 bridgehead atoms. The van der Waals surface area contributed by atoms with Gasteiger partial charge in [0.2, 0.25) is 0 Å². The average molecular weight is 516 g/mol. The molecular formula is C24H26BrN3O5. The molecule has 9 heteroatoms. The third-order valence-electron chi connectivity index (χ3n) is 5.05. The highest BCUT2D eigenvalue weighted by Crippen LogP contribution is 2.28. The SMILES string of the molecule is CCOc1cc(C=Nn2c([C@@H](C)CC)nc3ccc(Br)cc3c2=O)ccc1OCC(=O)OC. The van der Waals surface area contributed by atoms with Crippen LogP contribution >= 0.6 is 15.9 Å². The normalized spacial score (nSPS) is 12.2. The van der Waals surface area contributed by atoms with Crippen LogP contribution in [-0.4, -0.2) is 42.2 Å². The van der Waals surface area contributed by atoms with Gasteiger partial charge >= 0.3 is 5.97 Å². The summed E-state index contributed by atoms with van der Waals surface area (Å²) in [7, 11) is 1.30. The van der Waals surface area contributed by atoms with Crippen LogP contribution in [0.25, 0.3) is 10.9 Å². The molecular weight excluding hydrogens is 490 g/mol. The predicted molar refractivity (Wildman–Crippen MR) is 131 cm³/mol. The second-order valence-corrected chi connectivity index (χ2v) is 8.22. The Bertz CT molecular complexity index is 1240. The van der Waals surface area contributed by atoms with Gasteiger partial charge in [0.05, 0.1) is 30.8 Å². The van der Waals surface area contributed by atoms with E-state index in [2.05, 4.69) is 25.8 Å². The largest absolute Gasteiger partial charge is 0.490 e. The fraction of sp³-hybridized carbons (Fsp3) is 0.333. The van der Waals surface area contributed by atoms with E-state index >= 15 is 0 Å². The summed E-state index contributed by atoms with van der Waals surface area (Å²) in [6.45, 7) is 6.09. The van der Waals surface area contributed by atoms with Crippen LogP contribution in [0.5, 0.6) is 11.5 Å². The van der Waals surface area contributed by atoms with E-state index in [-0.39, 0.29) is 18.1 Å². The zero-order chi connectivity index (χ0) is 24.0. The molecule has 1 heterocycles. The van der Waals surface area contributed by atoms with Crippen LogP contribution in [0.3, 0.4) is 0 Å². The van der Waals surface area contributed by atoms with Crippen LogP contribution in [0.4, 0.5) is 0 Å². The number of fused-ring (bicyclic) bond motifs is 1. The van der Waals surface area contributed by atoms with Gasteiger partial charge in [0.1, 0.15) is 5.82 Å². The molecule has 3 aromatic rings. The van der Waals surface area contributed by atoms with Gasteiger partial charge in [-0.15, -0.1) is 0 Å². The zero-order valence-corrected chi connectivity index (χ0v) is 20.6. The van der Waals surface area contributed by atoms with Gasteiger partial charge in [-0.2, -0.15) is 9.78 Å². The van der Waals surface area contributed by atoms with Crippen molar-refractivity contribution >= 4 is 39.0 Å². The molecule has 0 saturated carbocycles. The van der Waals surface area contributed by atoms with Crippen LogP contribution in [-0.2, 0) is 9.53 Å². The quantitative estimate of drug-likeness (QED) is 0.307. The van der Waals surface area contributed by atoms with Gasteiger partial charge in [-0.3, -0.25) is 4.79 Å². The first-order valence-corrected chi connectivity index (χ1v) is 11.4. The maximum absolute atomic E-state index is 13.2. The Balaban J connectivity index is 2.02. The van der Waals surface area contributed by atoms with Gasteiger partial charge in [0.15, 0.2) is 18.1 Å². The first-order chi connectivity index (χ1) is 15.9. The van der Waals surface area contributed by atoms with Crippen molar-refractivity contribution in [3.8, 4) is 11.5 Å². The van der Waals surface area contributed by atoms with Crippen molar-refractivity contribution in [2.45, 2.75) is 33.1 Å². The monoisotopic (exact) mass is 515 g/mol. The number of esters is 1.